The number of rotatable bonds is 5. The molecule has 2 aromatic heterocycles. The van der Waals surface area contributed by atoms with Crippen LogP contribution < -0.4 is 10.6 Å². The van der Waals surface area contributed by atoms with Gasteiger partial charge in [-0.05, 0) is 50.1 Å². The lowest BCUT2D eigenvalue weighted by atomic mass is 10.1. The first-order valence-corrected chi connectivity index (χ1v) is 9.84. The minimum atomic E-state index is -0.238. The number of aromatic nitrogens is 3. The third kappa shape index (κ3) is 3.50. The summed E-state index contributed by atoms with van der Waals surface area (Å²) in [7, 11) is 1.56. The predicted octanol–water partition coefficient (Wildman–Crippen LogP) is 3.43. The largest absolute Gasteiger partial charge is 0.355 e. The van der Waals surface area contributed by atoms with E-state index in [2.05, 4.69) is 15.7 Å². The van der Waals surface area contributed by atoms with Gasteiger partial charge in [-0.15, -0.1) is 0 Å². The van der Waals surface area contributed by atoms with Gasteiger partial charge in [0, 0.05) is 30.2 Å². The van der Waals surface area contributed by atoms with E-state index < -0.39 is 0 Å². The molecule has 0 radical (unpaired) electrons. The number of anilines is 1. The van der Waals surface area contributed by atoms with Crippen molar-refractivity contribution in [2.45, 2.75) is 26.7 Å². The lowest BCUT2D eigenvalue weighted by molar-refractivity contribution is -0.116. The van der Waals surface area contributed by atoms with Gasteiger partial charge in [-0.3, -0.25) is 9.59 Å². The summed E-state index contributed by atoms with van der Waals surface area (Å²) in [5.74, 6) is -0.395. The van der Waals surface area contributed by atoms with Gasteiger partial charge in [0.1, 0.15) is 0 Å². The van der Waals surface area contributed by atoms with E-state index in [1.165, 1.54) is 0 Å². The van der Waals surface area contributed by atoms with Gasteiger partial charge in [0.25, 0.3) is 5.91 Å². The summed E-state index contributed by atoms with van der Waals surface area (Å²) in [5.41, 5.74) is 5.54. The molecule has 0 aliphatic carbocycles. The smallest absolute Gasteiger partial charge is 0.253 e. The van der Waals surface area contributed by atoms with E-state index in [9.17, 15) is 9.59 Å². The Morgan fingerprint density at radius 2 is 1.77 bits per heavy atom. The van der Waals surface area contributed by atoms with E-state index in [4.69, 9.17) is 4.98 Å². The molecular weight excluding hydrogens is 378 g/mol. The Hall–Kier alpha value is -3.74. The fourth-order valence-electron chi connectivity index (χ4n) is 3.71. The van der Waals surface area contributed by atoms with Crippen LogP contribution in [-0.4, -0.2) is 33.5 Å². The molecule has 0 aliphatic heterocycles. The number of para-hydroxylation sites is 1. The van der Waals surface area contributed by atoms with Gasteiger partial charge in [0.15, 0.2) is 5.65 Å². The molecule has 0 fully saturated rings. The normalized spacial score (nSPS) is 11.0. The molecule has 0 atom stereocenters. The number of hydrogen-bond acceptors (Lipinski definition) is 4. The Morgan fingerprint density at radius 3 is 2.57 bits per heavy atom. The maximum Gasteiger partial charge on any atom is 0.253 e. The van der Waals surface area contributed by atoms with Crippen molar-refractivity contribution in [1.29, 1.82) is 0 Å². The van der Waals surface area contributed by atoms with Crippen LogP contribution >= 0.6 is 0 Å². The van der Waals surface area contributed by atoms with Crippen LogP contribution in [0, 0.1) is 13.8 Å². The number of hydrogen-bond donors (Lipinski definition) is 2. The molecule has 0 spiro atoms. The van der Waals surface area contributed by atoms with Crippen LogP contribution in [0.5, 0.6) is 0 Å². The zero-order valence-corrected chi connectivity index (χ0v) is 17.2. The molecule has 0 bridgehead atoms. The summed E-state index contributed by atoms with van der Waals surface area (Å²) in [4.78, 5) is 29.3. The van der Waals surface area contributed by atoms with Crippen molar-refractivity contribution in [3.63, 3.8) is 0 Å². The molecule has 4 rings (SSSR count). The van der Waals surface area contributed by atoms with Crippen LogP contribution in [0.2, 0.25) is 0 Å². The molecule has 0 saturated carbocycles. The highest BCUT2D eigenvalue weighted by Crippen LogP contribution is 2.23. The summed E-state index contributed by atoms with van der Waals surface area (Å²) in [6.07, 6.45) is 0.808. The van der Waals surface area contributed by atoms with Gasteiger partial charge in [-0.2, -0.15) is 5.10 Å². The molecule has 4 aromatic rings. The molecule has 0 saturated heterocycles. The Kier molecular flexibility index (Phi) is 5.18. The first-order valence-electron chi connectivity index (χ1n) is 9.84. The summed E-state index contributed by atoms with van der Waals surface area (Å²) >= 11 is 0. The van der Waals surface area contributed by atoms with Crippen molar-refractivity contribution in [1.82, 2.24) is 19.9 Å². The van der Waals surface area contributed by atoms with Gasteiger partial charge in [-0.25, -0.2) is 9.50 Å². The SMILES string of the molecule is CNC(=O)c1ccccc1NC(=O)CCc1c(C)nc2c3ccccc3nn2c1C. The minimum absolute atomic E-state index is 0.157. The minimum Gasteiger partial charge on any atom is -0.355 e. The number of amides is 2. The summed E-state index contributed by atoms with van der Waals surface area (Å²) < 4.78 is 1.85. The average Bonchev–Trinajstić information content (AvgIpc) is 3.12. The van der Waals surface area contributed by atoms with Gasteiger partial charge < -0.3 is 10.6 Å². The Balaban J connectivity index is 1.56. The molecule has 2 heterocycles. The molecule has 2 aromatic carbocycles. The van der Waals surface area contributed by atoms with E-state index in [-0.39, 0.29) is 18.2 Å². The van der Waals surface area contributed by atoms with E-state index in [0.717, 1.165) is 33.5 Å². The fourth-order valence-corrected chi connectivity index (χ4v) is 3.71. The quantitative estimate of drug-likeness (QED) is 0.536. The summed E-state index contributed by atoms with van der Waals surface area (Å²) in [6, 6.07) is 14.9. The lowest BCUT2D eigenvalue weighted by Gasteiger charge is -2.12. The van der Waals surface area contributed by atoms with Crippen LogP contribution in [-0.2, 0) is 11.2 Å². The molecule has 7 nitrogen and oxygen atoms in total. The number of fused-ring (bicyclic) bond motifs is 3. The molecule has 0 aliphatic rings. The number of nitrogens with zero attached hydrogens (tertiary/aromatic N) is 3. The van der Waals surface area contributed by atoms with E-state index >= 15 is 0 Å². The lowest BCUT2D eigenvalue weighted by Crippen LogP contribution is -2.21. The van der Waals surface area contributed by atoms with Crippen LogP contribution in [0.15, 0.2) is 48.5 Å². The fraction of sp³-hybridized carbons (Fsp3) is 0.217. The predicted molar refractivity (Wildman–Crippen MR) is 117 cm³/mol. The second-order valence-electron chi connectivity index (χ2n) is 7.19. The first-order chi connectivity index (χ1) is 14.5. The molecule has 0 unspecified atom stereocenters. The second-order valence-corrected chi connectivity index (χ2v) is 7.19. The number of carbonyl (C=O) groups is 2. The third-order valence-electron chi connectivity index (χ3n) is 5.29. The number of aryl methyl sites for hydroxylation is 2. The van der Waals surface area contributed by atoms with Gasteiger partial charge in [-0.1, -0.05) is 24.3 Å². The topological polar surface area (TPSA) is 88.4 Å². The molecule has 152 valence electrons. The number of benzene rings is 2. The highest BCUT2D eigenvalue weighted by atomic mass is 16.2. The summed E-state index contributed by atoms with van der Waals surface area (Å²) in [6.45, 7) is 3.96. The van der Waals surface area contributed by atoms with E-state index in [0.29, 0.717) is 17.7 Å². The van der Waals surface area contributed by atoms with Crippen LogP contribution in [0.25, 0.3) is 16.6 Å². The van der Waals surface area contributed by atoms with Gasteiger partial charge in [0.2, 0.25) is 5.91 Å². The standard InChI is InChI=1S/C23H23N5O2/c1-14-16(15(2)28-22(25-14)17-8-4-7-11-20(17)27-28)12-13-21(29)26-19-10-6-5-9-18(19)23(30)24-3/h4-11H,12-13H2,1-3H3,(H,24,30)(H,26,29). The molecule has 2 N–H and O–H groups in total. The van der Waals surface area contributed by atoms with E-state index in [1.807, 2.05) is 42.6 Å². The van der Waals surface area contributed by atoms with Gasteiger partial charge >= 0.3 is 0 Å². The molecule has 30 heavy (non-hydrogen) atoms. The monoisotopic (exact) mass is 401 g/mol. The van der Waals surface area contributed by atoms with Crippen molar-refractivity contribution in [3.8, 4) is 0 Å². The zero-order valence-electron chi connectivity index (χ0n) is 17.2. The van der Waals surface area contributed by atoms with E-state index in [1.54, 1.807) is 31.3 Å². The number of nitrogens with one attached hydrogen (secondary N) is 2. The highest BCUT2D eigenvalue weighted by molar-refractivity contribution is 6.03. The molecular formula is C23H23N5O2. The third-order valence-corrected chi connectivity index (χ3v) is 5.29. The average molecular weight is 401 g/mol. The summed E-state index contributed by atoms with van der Waals surface area (Å²) in [5, 5.41) is 11.1. The van der Waals surface area contributed by atoms with Crippen molar-refractivity contribution < 1.29 is 9.59 Å². The van der Waals surface area contributed by atoms with Crippen LogP contribution in [0.3, 0.4) is 0 Å². The Bertz CT molecular complexity index is 1280. The van der Waals surface area contributed by atoms with Crippen molar-refractivity contribution >= 4 is 34.1 Å². The van der Waals surface area contributed by atoms with Crippen LogP contribution in [0.4, 0.5) is 5.69 Å². The first kappa shape index (κ1) is 19.6. The Morgan fingerprint density at radius 1 is 1.03 bits per heavy atom. The maximum absolute atomic E-state index is 12.6. The number of carbonyl (C=O) groups excluding carboxylic acids is 2. The van der Waals surface area contributed by atoms with Crippen molar-refractivity contribution in [3.05, 3.63) is 71.0 Å². The molecule has 7 heteroatoms. The maximum atomic E-state index is 12.6. The van der Waals surface area contributed by atoms with Gasteiger partial charge in [0.05, 0.1) is 16.8 Å². The Labute approximate surface area is 174 Å². The van der Waals surface area contributed by atoms with Crippen molar-refractivity contribution in [2.75, 3.05) is 12.4 Å². The van der Waals surface area contributed by atoms with Crippen molar-refractivity contribution in [2.24, 2.45) is 0 Å². The highest BCUT2D eigenvalue weighted by Gasteiger charge is 2.16. The molecule has 2 amide bonds. The zero-order chi connectivity index (χ0) is 21.3. The van der Waals surface area contributed by atoms with Crippen LogP contribution in [0.1, 0.15) is 33.7 Å². The second kappa shape index (κ2) is 7.94.